The number of rotatable bonds is 12. The molecule has 32 heavy (non-hydrogen) atoms. The molecule has 2 unspecified atom stereocenters. The minimum absolute atomic E-state index is 0.199. The zero-order valence-electron chi connectivity index (χ0n) is 18.5. The number of aliphatic hydroxyl groups is 2. The summed E-state index contributed by atoms with van der Waals surface area (Å²) in [4.78, 5) is 46.9. The summed E-state index contributed by atoms with van der Waals surface area (Å²) in [7, 11) is 0. The molecule has 1 aliphatic rings. The van der Waals surface area contributed by atoms with Crippen molar-refractivity contribution in [1.82, 2.24) is 0 Å². The summed E-state index contributed by atoms with van der Waals surface area (Å²) in [6, 6.07) is 0. The second-order valence-corrected chi connectivity index (χ2v) is 7.87. The van der Waals surface area contributed by atoms with Crippen LogP contribution in [0.15, 0.2) is 24.3 Å². The summed E-state index contributed by atoms with van der Waals surface area (Å²) in [5.41, 5.74) is 0.399. The Morgan fingerprint density at radius 3 is 1.25 bits per heavy atom. The lowest BCUT2D eigenvalue weighted by molar-refractivity contribution is -0.160. The normalized spacial score (nSPS) is 19.8. The average Bonchev–Trinajstić information content (AvgIpc) is 2.77. The Morgan fingerprint density at radius 1 is 0.688 bits per heavy atom. The van der Waals surface area contributed by atoms with E-state index in [9.17, 15) is 29.4 Å². The van der Waals surface area contributed by atoms with Gasteiger partial charge in [0, 0.05) is 11.1 Å². The molecule has 0 radical (unpaired) electrons. The van der Waals surface area contributed by atoms with Gasteiger partial charge >= 0.3 is 23.9 Å². The molecule has 0 aromatic carbocycles. The Labute approximate surface area is 187 Å². The number of hydrogen-bond donors (Lipinski definition) is 2. The summed E-state index contributed by atoms with van der Waals surface area (Å²) in [6.45, 7) is 8.56. The van der Waals surface area contributed by atoms with Gasteiger partial charge in [0.15, 0.2) is 0 Å². The molecule has 10 nitrogen and oxygen atoms in total. The summed E-state index contributed by atoms with van der Waals surface area (Å²) >= 11 is 0. The number of ether oxygens (including phenoxy) is 4. The Balaban J connectivity index is 2.26. The SMILES string of the molecule is C=C(C)C(=O)OCC(O)COC(=O)C1CCC(C(=O)OCC(O)COC(=O)C(=C)C)CC1. The molecule has 1 rings (SSSR count). The molecule has 180 valence electrons. The molecule has 1 saturated carbocycles. The van der Waals surface area contributed by atoms with Crippen LogP contribution in [0.3, 0.4) is 0 Å². The predicted octanol–water partition coefficient (Wildman–Crippen LogP) is 0.840. The van der Waals surface area contributed by atoms with Crippen LogP contribution in [0.25, 0.3) is 0 Å². The second kappa shape index (κ2) is 13.6. The van der Waals surface area contributed by atoms with Crippen LogP contribution in [0, 0.1) is 11.8 Å². The van der Waals surface area contributed by atoms with Crippen molar-refractivity contribution >= 4 is 23.9 Å². The molecule has 10 heteroatoms. The Morgan fingerprint density at radius 2 is 0.969 bits per heavy atom. The fraction of sp³-hybridized carbons (Fsp3) is 0.636. The predicted molar refractivity (Wildman–Crippen MR) is 111 cm³/mol. The van der Waals surface area contributed by atoms with Gasteiger partial charge in [-0.2, -0.15) is 0 Å². The molecular weight excluding hydrogens is 424 g/mol. The minimum Gasteiger partial charge on any atom is -0.463 e. The van der Waals surface area contributed by atoms with Crippen molar-refractivity contribution in [2.45, 2.75) is 51.7 Å². The smallest absolute Gasteiger partial charge is 0.333 e. The van der Waals surface area contributed by atoms with Gasteiger partial charge in [0.25, 0.3) is 0 Å². The van der Waals surface area contributed by atoms with E-state index in [0.29, 0.717) is 25.7 Å². The third-order valence-electron chi connectivity index (χ3n) is 4.74. The molecule has 0 bridgehead atoms. The largest absolute Gasteiger partial charge is 0.463 e. The van der Waals surface area contributed by atoms with Gasteiger partial charge < -0.3 is 29.2 Å². The first-order chi connectivity index (χ1) is 15.0. The number of esters is 4. The third kappa shape index (κ3) is 10.1. The standard InChI is InChI=1S/C22H32O10/c1-13(2)19(25)29-9-17(23)11-31-21(27)15-5-7-16(8-6-15)22(28)32-12-18(24)10-30-20(26)14(3)4/h15-18,23-24H,1,3,5-12H2,2,4H3. The Kier molecular flexibility index (Phi) is 11.6. The van der Waals surface area contributed by atoms with Gasteiger partial charge in [-0.15, -0.1) is 0 Å². The van der Waals surface area contributed by atoms with Crippen LogP contribution in [0.5, 0.6) is 0 Å². The fourth-order valence-electron chi connectivity index (χ4n) is 2.84. The molecule has 1 fully saturated rings. The zero-order valence-corrected chi connectivity index (χ0v) is 18.5. The van der Waals surface area contributed by atoms with Crippen LogP contribution >= 0.6 is 0 Å². The van der Waals surface area contributed by atoms with Crippen molar-refractivity contribution in [2.75, 3.05) is 26.4 Å². The van der Waals surface area contributed by atoms with E-state index in [1.807, 2.05) is 0 Å². The second-order valence-electron chi connectivity index (χ2n) is 7.87. The molecule has 0 spiro atoms. The van der Waals surface area contributed by atoms with Crippen LogP contribution in [-0.2, 0) is 38.1 Å². The highest BCUT2D eigenvalue weighted by Crippen LogP contribution is 2.30. The third-order valence-corrected chi connectivity index (χ3v) is 4.74. The number of carbonyl (C=O) groups is 4. The van der Waals surface area contributed by atoms with Crippen molar-refractivity contribution in [2.24, 2.45) is 11.8 Å². The lowest BCUT2D eigenvalue weighted by atomic mass is 9.82. The van der Waals surface area contributed by atoms with E-state index in [1.165, 1.54) is 13.8 Å². The van der Waals surface area contributed by atoms with Crippen LogP contribution in [-0.4, -0.2) is 72.7 Å². The molecule has 2 atom stereocenters. The molecule has 0 heterocycles. The van der Waals surface area contributed by atoms with Crippen molar-refractivity contribution < 1.29 is 48.3 Å². The summed E-state index contributed by atoms with van der Waals surface area (Å²) in [6.07, 6.45) is -0.628. The highest BCUT2D eigenvalue weighted by molar-refractivity contribution is 5.87. The number of carbonyl (C=O) groups excluding carboxylic acids is 4. The van der Waals surface area contributed by atoms with Crippen molar-refractivity contribution in [1.29, 1.82) is 0 Å². The molecule has 0 amide bonds. The highest BCUT2D eigenvalue weighted by atomic mass is 16.6. The first-order valence-corrected chi connectivity index (χ1v) is 10.4. The molecular formula is C22H32O10. The average molecular weight is 456 g/mol. The van der Waals surface area contributed by atoms with E-state index in [-0.39, 0.29) is 37.6 Å². The highest BCUT2D eigenvalue weighted by Gasteiger charge is 2.32. The van der Waals surface area contributed by atoms with Crippen molar-refractivity contribution in [3.05, 3.63) is 24.3 Å². The van der Waals surface area contributed by atoms with Gasteiger partial charge in [0.2, 0.25) is 0 Å². The van der Waals surface area contributed by atoms with E-state index < -0.39 is 47.9 Å². The maximum atomic E-state index is 12.2. The first-order valence-electron chi connectivity index (χ1n) is 10.4. The van der Waals surface area contributed by atoms with Crippen LogP contribution in [0.1, 0.15) is 39.5 Å². The summed E-state index contributed by atoms with van der Waals surface area (Å²) in [5.74, 6) is -3.07. The molecule has 1 aliphatic carbocycles. The summed E-state index contributed by atoms with van der Waals surface area (Å²) in [5, 5.41) is 19.5. The first kappa shape index (κ1) is 27.3. The molecule has 2 N–H and O–H groups in total. The van der Waals surface area contributed by atoms with Gasteiger partial charge in [0.1, 0.15) is 38.6 Å². The monoisotopic (exact) mass is 456 g/mol. The Bertz CT molecular complexity index is 646. The van der Waals surface area contributed by atoms with Gasteiger partial charge in [-0.1, -0.05) is 13.2 Å². The van der Waals surface area contributed by atoms with Gasteiger partial charge in [-0.3, -0.25) is 9.59 Å². The van der Waals surface area contributed by atoms with Gasteiger partial charge in [0.05, 0.1) is 11.8 Å². The molecule has 0 aliphatic heterocycles. The lowest BCUT2D eigenvalue weighted by Gasteiger charge is -2.26. The van der Waals surface area contributed by atoms with Crippen LogP contribution < -0.4 is 0 Å². The van der Waals surface area contributed by atoms with E-state index in [4.69, 9.17) is 18.9 Å². The van der Waals surface area contributed by atoms with Crippen LogP contribution in [0.2, 0.25) is 0 Å². The number of aliphatic hydroxyl groups excluding tert-OH is 2. The molecule has 0 aromatic heterocycles. The van der Waals surface area contributed by atoms with Crippen LogP contribution in [0.4, 0.5) is 0 Å². The molecule has 0 saturated heterocycles. The maximum absolute atomic E-state index is 12.2. The topological polar surface area (TPSA) is 146 Å². The minimum atomic E-state index is -1.14. The van der Waals surface area contributed by atoms with E-state index in [0.717, 1.165) is 0 Å². The van der Waals surface area contributed by atoms with Gasteiger partial charge in [-0.05, 0) is 39.5 Å². The fourth-order valence-corrected chi connectivity index (χ4v) is 2.84. The summed E-state index contributed by atoms with van der Waals surface area (Å²) < 4.78 is 19.7. The van der Waals surface area contributed by atoms with Crippen molar-refractivity contribution in [3.63, 3.8) is 0 Å². The lowest BCUT2D eigenvalue weighted by Crippen LogP contribution is -2.32. The maximum Gasteiger partial charge on any atom is 0.333 e. The van der Waals surface area contributed by atoms with E-state index in [1.54, 1.807) is 0 Å². The van der Waals surface area contributed by atoms with E-state index in [2.05, 4.69) is 13.2 Å². The number of hydrogen-bond acceptors (Lipinski definition) is 10. The van der Waals surface area contributed by atoms with E-state index >= 15 is 0 Å². The van der Waals surface area contributed by atoms with Crippen molar-refractivity contribution in [3.8, 4) is 0 Å². The quantitative estimate of drug-likeness (QED) is 0.246. The Hall–Kier alpha value is -2.72. The molecule has 0 aromatic rings. The van der Waals surface area contributed by atoms with Gasteiger partial charge in [-0.25, -0.2) is 9.59 Å². The zero-order chi connectivity index (χ0) is 24.3.